The third-order valence-electron chi connectivity index (χ3n) is 7.79. The van der Waals surface area contributed by atoms with Crippen molar-refractivity contribution >= 4 is 0 Å². The fraction of sp³-hybridized carbons (Fsp3) is 0.314. The molecule has 1 aliphatic carbocycles. The lowest BCUT2D eigenvalue weighted by molar-refractivity contribution is 0.252. The summed E-state index contributed by atoms with van der Waals surface area (Å²) in [6.45, 7) is 5.79. The minimum atomic E-state index is -0.479. The molecule has 0 saturated heterocycles. The van der Waals surface area contributed by atoms with Crippen molar-refractivity contribution < 1.29 is 19.7 Å². The van der Waals surface area contributed by atoms with E-state index in [1.165, 1.54) is 33.4 Å². The normalized spacial score (nSPS) is 13.1. The van der Waals surface area contributed by atoms with Crippen LogP contribution in [0, 0.1) is 13.8 Å². The fourth-order valence-electron chi connectivity index (χ4n) is 5.90. The van der Waals surface area contributed by atoms with E-state index < -0.39 is 5.41 Å². The molecule has 0 aliphatic heterocycles. The standard InChI is InChI=1S/C35H38O4/c1-25-23-27(15-17-33(25)38-21-9-7-19-36)35(28-16-18-34(26(2)24-28)39-22-10-8-20-37)31-13-5-3-11-29(31)30-12-4-6-14-32(30)35/h3-6,11-18,23-24,36-37H,7-10,19-22H2,1-2H3. The van der Waals surface area contributed by atoms with E-state index in [-0.39, 0.29) is 13.2 Å². The second-order valence-electron chi connectivity index (χ2n) is 10.4. The lowest BCUT2D eigenvalue weighted by atomic mass is 9.67. The molecule has 5 rings (SSSR count). The lowest BCUT2D eigenvalue weighted by Crippen LogP contribution is -2.29. The number of aryl methyl sites for hydroxylation is 2. The molecule has 0 amide bonds. The molecule has 39 heavy (non-hydrogen) atoms. The summed E-state index contributed by atoms with van der Waals surface area (Å²) in [4.78, 5) is 0. The summed E-state index contributed by atoms with van der Waals surface area (Å²) in [5.74, 6) is 1.77. The van der Waals surface area contributed by atoms with Crippen LogP contribution in [0.15, 0.2) is 84.9 Å². The van der Waals surface area contributed by atoms with Crippen LogP contribution in [-0.2, 0) is 5.41 Å². The predicted molar refractivity (Wildman–Crippen MR) is 157 cm³/mol. The zero-order chi connectivity index (χ0) is 27.2. The molecular weight excluding hydrogens is 484 g/mol. The van der Waals surface area contributed by atoms with Crippen LogP contribution in [0.4, 0.5) is 0 Å². The Morgan fingerprint density at radius 2 is 1.00 bits per heavy atom. The first-order valence-corrected chi connectivity index (χ1v) is 14.0. The largest absolute Gasteiger partial charge is 0.493 e. The molecule has 0 atom stereocenters. The Hall–Kier alpha value is -3.60. The lowest BCUT2D eigenvalue weighted by Gasteiger charge is -2.34. The number of fused-ring (bicyclic) bond motifs is 3. The molecule has 4 nitrogen and oxygen atoms in total. The third-order valence-corrected chi connectivity index (χ3v) is 7.79. The maximum atomic E-state index is 9.10. The van der Waals surface area contributed by atoms with Crippen molar-refractivity contribution in [2.45, 2.75) is 44.9 Å². The van der Waals surface area contributed by atoms with Gasteiger partial charge in [0.1, 0.15) is 11.5 Å². The van der Waals surface area contributed by atoms with E-state index in [2.05, 4.69) is 98.8 Å². The molecule has 0 heterocycles. The number of aliphatic hydroxyl groups excluding tert-OH is 2. The van der Waals surface area contributed by atoms with Crippen molar-refractivity contribution in [2.75, 3.05) is 26.4 Å². The highest BCUT2D eigenvalue weighted by molar-refractivity contribution is 5.86. The predicted octanol–water partition coefficient (Wildman–Crippen LogP) is 6.97. The number of rotatable bonds is 12. The van der Waals surface area contributed by atoms with Gasteiger partial charge in [0.05, 0.1) is 18.6 Å². The molecule has 0 fully saturated rings. The van der Waals surface area contributed by atoms with Crippen LogP contribution < -0.4 is 9.47 Å². The Morgan fingerprint density at radius 1 is 0.564 bits per heavy atom. The highest BCUT2D eigenvalue weighted by atomic mass is 16.5. The van der Waals surface area contributed by atoms with Gasteiger partial charge < -0.3 is 19.7 Å². The van der Waals surface area contributed by atoms with Gasteiger partial charge in [-0.05, 0) is 96.2 Å². The van der Waals surface area contributed by atoms with Crippen molar-refractivity contribution in [3.8, 4) is 22.6 Å². The summed E-state index contributed by atoms with van der Waals surface area (Å²) < 4.78 is 12.2. The molecule has 0 bridgehead atoms. The Morgan fingerprint density at radius 3 is 1.41 bits per heavy atom. The molecule has 0 spiro atoms. The van der Waals surface area contributed by atoms with E-state index in [9.17, 15) is 0 Å². The molecule has 0 radical (unpaired) electrons. The zero-order valence-electron chi connectivity index (χ0n) is 23.0. The first kappa shape index (κ1) is 27.0. The quantitative estimate of drug-likeness (QED) is 0.174. The molecule has 1 aliphatic rings. The average molecular weight is 523 g/mol. The second-order valence-corrected chi connectivity index (χ2v) is 10.4. The van der Waals surface area contributed by atoms with Crippen LogP contribution in [0.3, 0.4) is 0 Å². The van der Waals surface area contributed by atoms with Gasteiger partial charge in [-0.2, -0.15) is 0 Å². The SMILES string of the molecule is Cc1cc(C2(c3ccc(OCCCCO)c(C)c3)c3ccccc3-c3ccccc32)ccc1OCCCCO. The van der Waals surface area contributed by atoms with Crippen molar-refractivity contribution in [2.24, 2.45) is 0 Å². The van der Waals surface area contributed by atoms with Gasteiger partial charge in [0.2, 0.25) is 0 Å². The van der Waals surface area contributed by atoms with E-state index in [4.69, 9.17) is 19.7 Å². The van der Waals surface area contributed by atoms with Gasteiger partial charge in [0.25, 0.3) is 0 Å². The summed E-state index contributed by atoms with van der Waals surface area (Å²) in [6.07, 6.45) is 3.15. The zero-order valence-corrected chi connectivity index (χ0v) is 23.0. The monoisotopic (exact) mass is 522 g/mol. The summed E-state index contributed by atoms with van der Waals surface area (Å²) in [5.41, 5.74) is 9.20. The summed E-state index contributed by atoms with van der Waals surface area (Å²) in [5, 5.41) is 18.2. The molecule has 202 valence electrons. The van der Waals surface area contributed by atoms with Gasteiger partial charge in [-0.1, -0.05) is 72.8 Å². The van der Waals surface area contributed by atoms with Gasteiger partial charge in [-0.15, -0.1) is 0 Å². The van der Waals surface area contributed by atoms with Crippen molar-refractivity contribution in [3.63, 3.8) is 0 Å². The topological polar surface area (TPSA) is 58.9 Å². The van der Waals surface area contributed by atoms with Gasteiger partial charge >= 0.3 is 0 Å². The number of ether oxygens (including phenoxy) is 2. The maximum absolute atomic E-state index is 9.10. The summed E-state index contributed by atoms with van der Waals surface area (Å²) >= 11 is 0. The Bertz CT molecular complexity index is 1320. The number of unbranched alkanes of at least 4 members (excludes halogenated alkanes) is 2. The van der Waals surface area contributed by atoms with Crippen LogP contribution >= 0.6 is 0 Å². The Kier molecular flexibility index (Phi) is 8.35. The molecule has 0 saturated carbocycles. The van der Waals surface area contributed by atoms with Crippen molar-refractivity contribution in [1.29, 1.82) is 0 Å². The van der Waals surface area contributed by atoms with E-state index in [1.54, 1.807) is 0 Å². The highest BCUT2D eigenvalue weighted by Crippen LogP contribution is 2.56. The molecule has 4 aromatic carbocycles. The second kappa shape index (κ2) is 12.1. The first-order chi connectivity index (χ1) is 19.1. The molecule has 4 heteroatoms. The third kappa shape index (κ3) is 5.07. The van der Waals surface area contributed by atoms with Crippen molar-refractivity contribution in [1.82, 2.24) is 0 Å². The van der Waals surface area contributed by atoms with Gasteiger partial charge in [-0.3, -0.25) is 0 Å². The summed E-state index contributed by atoms with van der Waals surface area (Å²) in [7, 11) is 0. The van der Waals surface area contributed by atoms with E-state index in [1.807, 2.05) is 0 Å². The highest BCUT2D eigenvalue weighted by Gasteiger charge is 2.46. The maximum Gasteiger partial charge on any atom is 0.122 e. The van der Waals surface area contributed by atoms with Gasteiger partial charge in [0, 0.05) is 13.2 Å². The summed E-state index contributed by atoms with van der Waals surface area (Å²) in [6, 6.07) is 30.7. The Balaban J connectivity index is 1.64. The van der Waals surface area contributed by atoms with Crippen molar-refractivity contribution in [3.05, 3.63) is 118 Å². The average Bonchev–Trinajstić information content (AvgIpc) is 3.26. The Labute approximate surface area is 231 Å². The minimum absolute atomic E-state index is 0.189. The molecule has 4 aromatic rings. The van der Waals surface area contributed by atoms with Crippen LogP contribution in [-0.4, -0.2) is 36.6 Å². The van der Waals surface area contributed by atoms with Crippen LogP contribution in [0.25, 0.3) is 11.1 Å². The van der Waals surface area contributed by atoms with E-state index >= 15 is 0 Å². The smallest absolute Gasteiger partial charge is 0.122 e. The molecule has 0 unspecified atom stereocenters. The molecule has 0 aromatic heterocycles. The van der Waals surface area contributed by atoms with Crippen LogP contribution in [0.1, 0.15) is 59.1 Å². The number of benzene rings is 4. The number of hydrogen-bond donors (Lipinski definition) is 2. The number of aliphatic hydroxyl groups is 2. The van der Waals surface area contributed by atoms with Gasteiger partial charge in [-0.25, -0.2) is 0 Å². The van der Waals surface area contributed by atoms with Gasteiger partial charge in [0.15, 0.2) is 0 Å². The molecular formula is C35H38O4. The first-order valence-electron chi connectivity index (χ1n) is 14.0. The fourth-order valence-corrected chi connectivity index (χ4v) is 5.90. The van der Waals surface area contributed by atoms with E-state index in [0.29, 0.717) is 13.2 Å². The van der Waals surface area contributed by atoms with Crippen LogP contribution in [0.5, 0.6) is 11.5 Å². The molecule has 2 N–H and O–H groups in total. The van der Waals surface area contributed by atoms with E-state index in [0.717, 1.165) is 48.3 Å². The minimum Gasteiger partial charge on any atom is -0.493 e. The van der Waals surface area contributed by atoms with Crippen LogP contribution in [0.2, 0.25) is 0 Å². The number of hydrogen-bond acceptors (Lipinski definition) is 4.